The molecule has 3 rings (SSSR count). The maximum absolute atomic E-state index is 6.12. The van der Waals surface area contributed by atoms with Crippen LogP contribution in [0.5, 0.6) is 0 Å². The van der Waals surface area contributed by atoms with E-state index in [2.05, 4.69) is 32.4 Å². The van der Waals surface area contributed by atoms with Crippen molar-refractivity contribution in [3.05, 3.63) is 49.9 Å². The second-order valence-electron chi connectivity index (χ2n) is 6.73. The van der Waals surface area contributed by atoms with Crippen LogP contribution in [0.25, 0.3) is 0 Å². The Bertz CT molecular complexity index is 784. The van der Waals surface area contributed by atoms with E-state index in [1.165, 1.54) is 10.4 Å². The molecule has 1 aliphatic heterocycles. The normalized spacial score (nSPS) is 16.5. The number of rotatable bonds is 5. The molecule has 0 radical (unpaired) electrons. The van der Waals surface area contributed by atoms with E-state index in [1.807, 2.05) is 31.4 Å². The molecule has 0 saturated carbocycles. The summed E-state index contributed by atoms with van der Waals surface area (Å²) in [6.45, 7) is 5.76. The molecule has 1 aliphatic rings. The lowest BCUT2D eigenvalue weighted by atomic mass is 10.0. The third kappa shape index (κ3) is 6.07. The minimum absolute atomic E-state index is 0.430. The number of thiazole rings is 1. The van der Waals surface area contributed by atoms with E-state index in [-0.39, 0.29) is 0 Å². The molecule has 0 amide bonds. The van der Waals surface area contributed by atoms with Crippen molar-refractivity contribution in [1.29, 1.82) is 0 Å². The lowest BCUT2D eigenvalue weighted by Crippen LogP contribution is -2.48. The number of aliphatic imine (C=N–C) groups is 1. The SMILES string of the molecule is CN=C(NCc1ncc(C)s1)NC1CCN(Cc2ccc(Cl)c(Cl)c2)CC1. The summed E-state index contributed by atoms with van der Waals surface area (Å²) in [5.41, 5.74) is 1.20. The second kappa shape index (κ2) is 9.73. The molecule has 8 heteroatoms. The van der Waals surface area contributed by atoms with Gasteiger partial charge in [-0.05, 0) is 37.5 Å². The smallest absolute Gasteiger partial charge is 0.191 e. The summed E-state index contributed by atoms with van der Waals surface area (Å²) in [7, 11) is 1.81. The number of benzene rings is 1. The first-order chi connectivity index (χ1) is 13.0. The van der Waals surface area contributed by atoms with Gasteiger partial charge in [0.2, 0.25) is 0 Å². The fourth-order valence-electron chi connectivity index (χ4n) is 3.16. The molecule has 146 valence electrons. The van der Waals surface area contributed by atoms with Crippen LogP contribution in [-0.2, 0) is 13.1 Å². The molecule has 1 saturated heterocycles. The summed E-state index contributed by atoms with van der Waals surface area (Å²) in [6, 6.07) is 6.30. The van der Waals surface area contributed by atoms with Gasteiger partial charge in [-0.15, -0.1) is 11.3 Å². The first kappa shape index (κ1) is 20.4. The number of hydrogen-bond donors (Lipinski definition) is 2. The Labute approximate surface area is 174 Å². The molecule has 2 aromatic rings. The molecule has 1 aromatic carbocycles. The van der Waals surface area contributed by atoms with Gasteiger partial charge in [-0.2, -0.15) is 0 Å². The third-order valence-corrected chi connectivity index (χ3v) is 6.27. The average molecular weight is 426 g/mol. The first-order valence-electron chi connectivity index (χ1n) is 9.08. The van der Waals surface area contributed by atoms with E-state index in [0.29, 0.717) is 22.6 Å². The molecule has 0 aliphatic carbocycles. The van der Waals surface area contributed by atoms with Gasteiger partial charge in [-0.1, -0.05) is 29.3 Å². The van der Waals surface area contributed by atoms with Gasteiger partial charge in [0.15, 0.2) is 5.96 Å². The van der Waals surface area contributed by atoms with Gasteiger partial charge in [-0.3, -0.25) is 9.89 Å². The number of likely N-dealkylation sites (tertiary alicyclic amines) is 1. The van der Waals surface area contributed by atoms with Crippen LogP contribution >= 0.6 is 34.5 Å². The maximum Gasteiger partial charge on any atom is 0.191 e. The minimum atomic E-state index is 0.430. The predicted octanol–water partition coefficient (Wildman–Crippen LogP) is 4.09. The number of nitrogens with zero attached hydrogens (tertiary/aromatic N) is 3. The van der Waals surface area contributed by atoms with Crippen LogP contribution in [0.2, 0.25) is 10.0 Å². The summed E-state index contributed by atoms with van der Waals surface area (Å²) in [5, 5.41) is 9.19. The van der Waals surface area contributed by atoms with Gasteiger partial charge >= 0.3 is 0 Å². The molecule has 0 unspecified atom stereocenters. The van der Waals surface area contributed by atoms with Crippen molar-refractivity contribution in [3.63, 3.8) is 0 Å². The van der Waals surface area contributed by atoms with E-state index in [4.69, 9.17) is 23.2 Å². The molecule has 27 heavy (non-hydrogen) atoms. The zero-order valence-corrected chi connectivity index (χ0v) is 18.0. The second-order valence-corrected chi connectivity index (χ2v) is 8.87. The predicted molar refractivity (Wildman–Crippen MR) is 115 cm³/mol. The highest BCUT2D eigenvalue weighted by Gasteiger charge is 2.20. The zero-order valence-electron chi connectivity index (χ0n) is 15.6. The van der Waals surface area contributed by atoms with Crippen LogP contribution in [0, 0.1) is 6.92 Å². The Morgan fingerprint density at radius 3 is 2.70 bits per heavy atom. The summed E-state index contributed by atoms with van der Waals surface area (Å²) in [6.07, 6.45) is 4.07. The number of guanidine groups is 1. The van der Waals surface area contributed by atoms with Gasteiger partial charge in [0.05, 0.1) is 16.6 Å². The quantitative estimate of drug-likeness (QED) is 0.559. The maximum atomic E-state index is 6.12. The average Bonchev–Trinajstić information content (AvgIpc) is 3.08. The molecular weight excluding hydrogens is 401 g/mol. The number of hydrogen-bond acceptors (Lipinski definition) is 4. The molecule has 5 nitrogen and oxygen atoms in total. The number of aryl methyl sites for hydroxylation is 1. The number of piperidine rings is 1. The number of halogens is 2. The van der Waals surface area contributed by atoms with Crippen LogP contribution in [0.4, 0.5) is 0 Å². The lowest BCUT2D eigenvalue weighted by molar-refractivity contribution is 0.198. The third-order valence-electron chi connectivity index (χ3n) is 4.62. The molecule has 1 aromatic heterocycles. The fourth-order valence-corrected chi connectivity index (χ4v) is 4.21. The zero-order chi connectivity index (χ0) is 19.2. The fraction of sp³-hybridized carbons (Fsp3) is 0.474. The Morgan fingerprint density at radius 2 is 2.07 bits per heavy atom. The molecule has 2 heterocycles. The topological polar surface area (TPSA) is 52.6 Å². The van der Waals surface area contributed by atoms with E-state index in [0.717, 1.165) is 43.4 Å². The van der Waals surface area contributed by atoms with Crippen molar-refractivity contribution in [2.75, 3.05) is 20.1 Å². The van der Waals surface area contributed by atoms with E-state index in [9.17, 15) is 0 Å². The monoisotopic (exact) mass is 425 g/mol. The van der Waals surface area contributed by atoms with Gasteiger partial charge in [0.1, 0.15) is 5.01 Å². The molecule has 0 atom stereocenters. The number of nitrogens with one attached hydrogen (secondary N) is 2. The first-order valence-corrected chi connectivity index (χ1v) is 10.7. The van der Waals surface area contributed by atoms with Gasteiger partial charge in [0.25, 0.3) is 0 Å². The summed E-state index contributed by atoms with van der Waals surface area (Å²) >= 11 is 13.8. The van der Waals surface area contributed by atoms with Crippen molar-refractivity contribution < 1.29 is 0 Å². The molecule has 0 spiro atoms. The van der Waals surface area contributed by atoms with Crippen molar-refractivity contribution in [2.24, 2.45) is 4.99 Å². The standard InChI is InChI=1S/C19H25Cl2N5S/c1-13-10-23-18(27-13)11-24-19(22-2)25-15-5-7-26(8-6-15)12-14-3-4-16(20)17(21)9-14/h3-4,9-10,15H,5-8,11-12H2,1-2H3,(H2,22,24,25). The van der Waals surface area contributed by atoms with Crippen molar-refractivity contribution in [2.45, 2.75) is 38.9 Å². The summed E-state index contributed by atoms with van der Waals surface area (Å²) < 4.78 is 0. The van der Waals surface area contributed by atoms with Crippen LogP contribution in [0.1, 0.15) is 28.3 Å². The molecule has 2 N–H and O–H groups in total. The van der Waals surface area contributed by atoms with Crippen molar-refractivity contribution in [3.8, 4) is 0 Å². The highest BCUT2D eigenvalue weighted by molar-refractivity contribution is 7.11. The highest BCUT2D eigenvalue weighted by atomic mass is 35.5. The highest BCUT2D eigenvalue weighted by Crippen LogP contribution is 2.24. The van der Waals surface area contributed by atoms with Gasteiger partial charge in [-0.25, -0.2) is 4.98 Å². The van der Waals surface area contributed by atoms with E-state index in [1.54, 1.807) is 11.3 Å². The van der Waals surface area contributed by atoms with E-state index >= 15 is 0 Å². The lowest BCUT2D eigenvalue weighted by Gasteiger charge is -2.33. The van der Waals surface area contributed by atoms with Crippen molar-refractivity contribution >= 4 is 40.5 Å². The van der Waals surface area contributed by atoms with E-state index < -0.39 is 0 Å². The van der Waals surface area contributed by atoms with Gasteiger partial charge < -0.3 is 10.6 Å². The van der Waals surface area contributed by atoms with Crippen LogP contribution in [0.3, 0.4) is 0 Å². The van der Waals surface area contributed by atoms with Crippen LogP contribution < -0.4 is 10.6 Å². The molecule has 1 fully saturated rings. The Kier molecular flexibility index (Phi) is 7.35. The largest absolute Gasteiger partial charge is 0.354 e. The Morgan fingerprint density at radius 1 is 1.30 bits per heavy atom. The summed E-state index contributed by atoms with van der Waals surface area (Å²) in [4.78, 5) is 12.4. The number of aromatic nitrogens is 1. The van der Waals surface area contributed by atoms with Gasteiger partial charge in [0, 0.05) is 43.8 Å². The van der Waals surface area contributed by atoms with Crippen molar-refractivity contribution in [1.82, 2.24) is 20.5 Å². The minimum Gasteiger partial charge on any atom is -0.354 e. The Hall–Kier alpha value is -1.34. The Balaban J connectivity index is 1.43. The summed E-state index contributed by atoms with van der Waals surface area (Å²) in [5.74, 6) is 0.839. The molecule has 0 bridgehead atoms. The van der Waals surface area contributed by atoms with Crippen LogP contribution in [0.15, 0.2) is 29.4 Å². The molecular formula is C19H25Cl2N5S. The van der Waals surface area contributed by atoms with Crippen LogP contribution in [-0.4, -0.2) is 42.0 Å².